The van der Waals surface area contributed by atoms with E-state index in [0.29, 0.717) is 24.2 Å². The Bertz CT molecular complexity index is 1610. The molecule has 6 nitrogen and oxygen atoms in total. The Hall–Kier alpha value is -3.21. The summed E-state index contributed by atoms with van der Waals surface area (Å²) in [5.41, 5.74) is 2.47. The zero-order valence-electron chi connectivity index (χ0n) is 18.0. The summed E-state index contributed by atoms with van der Waals surface area (Å²) in [7, 11) is -2.19. The lowest BCUT2D eigenvalue weighted by Crippen LogP contribution is -2.35. The minimum Gasteiger partial charge on any atom is -0.317 e. The largest absolute Gasteiger partial charge is 0.317 e. The smallest absolute Gasteiger partial charge is 0.279 e. The maximum absolute atomic E-state index is 14.1. The first-order chi connectivity index (χ1) is 16.2. The van der Waals surface area contributed by atoms with Gasteiger partial charge in [0.2, 0.25) is 10.0 Å². The second-order valence-corrected chi connectivity index (χ2v) is 10.9. The topological polar surface area (TPSA) is 71.7 Å². The van der Waals surface area contributed by atoms with Gasteiger partial charge < -0.3 is 4.57 Å². The lowest BCUT2D eigenvalue weighted by atomic mass is 10.0. The van der Waals surface area contributed by atoms with E-state index in [4.69, 9.17) is 0 Å². The molecule has 1 amide bonds. The zero-order chi connectivity index (χ0) is 24.0. The minimum absolute atomic E-state index is 0.0911. The highest BCUT2D eigenvalue weighted by atomic mass is 32.2. The van der Waals surface area contributed by atoms with Crippen molar-refractivity contribution in [1.29, 1.82) is 0 Å². The number of sulfonamides is 1. The van der Waals surface area contributed by atoms with Gasteiger partial charge >= 0.3 is 0 Å². The number of thiazole rings is 1. The highest BCUT2D eigenvalue weighted by molar-refractivity contribution is 7.89. The number of rotatable bonds is 3. The van der Waals surface area contributed by atoms with Gasteiger partial charge in [0.25, 0.3) is 5.91 Å². The van der Waals surface area contributed by atoms with E-state index in [0.717, 1.165) is 28.5 Å². The summed E-state index contributed by atoms with van der Waals surface area (Å²) in [5, 5.41) is 0. The number of hydrogen-bond donors (Lipinski definition) is 0. The molecule has 0 unspecified atom stereocenters. The number of benzene rings is 3. The molecule has 0 N–H and O–H groups in total. The van der Waals surface area contributed by atoms with Crippen LogP contribution in [0.3, 0.4) is 0 Å². The van der Waals surface area contributed by atoms with Gasteiger partial charge in [-0.15, -0.1) is 0 Å². The molecule has 3 aromatic carbocycles. The van der Waals surface area contributed by atoms with E-state index in [1.165, 1.54) is 39.2 Å². The number of carbonyl (C=O) groups excluding carboxylic acids is 1. The van der Waals surface area contributed by atoms with Crippen LogP contribution in [0.15, 0.2) is 70.6 Å². The fourth-order valence-corrected chi connectivity index (χ4v) is 6.53. The molecule has 1 aromatic heterocycles. The van der Waals surface area contributed by atoms with Crippen molar-refractivity contribution in [1.82, 2.24) is 8.87 Å². The molecule has 4 aromatic rings. The molecule has 10 heteroatoms. The van der Waals surface area contributed by atoms with Gasteiger partial charge in [0, 0.05) is 31.8 Å². The monoisotopic (exact) mass is 499 g/mol. The van der Waals surface area contributed by atoms with Crippen molar-refractivity contribution >= 4 is 37.5 Å². The van der Waals surface area contributed by atoms with Crippen molar-refractivity contribution in [3.63, 3.8) is 0 Å². The van der Waals surface area contributed by atoms with Gasteiger partial charge in [-0.05, 0) is 47.9 Å². The van der Waals surface area contributed by atoms with Crippen molar-refractivity contribution in [2.24, 2.45) is 12.0 Å². The lowest BCUT2D eigenvalue weighted by molar-refractivity contribution is 0.0998. The van der Waals surface area contributed by atoms with Gasteiger partial charge in [-0.25, -0.2) is 17.2 Å². The molecule has 0 atom stereocenters. The highest BCUT2D eigenvalue weighted by Gasteiger charge is 2.28. The first-order valence-corrected chi connectivity index (χ1v) is 12.7. The van der Waals surface area contributed by atoms with Crippen LogP contribution in [-0.4, -0.2) is 29.7 Å². The maximum atomic E-state index is 14.1. The molecular weight excluding hydrogens is 480 g/mol. The second-order valence-electron chi connectivity index (χ2n) is 7.98. The number of hydrogen-bond acceptors (Lipinski definition) is 4. The molecule has 5 rings (SSSR count). The van der Waals surface area contributed by atoms with E-state index >= 15 is 0 Å². The molecule has 0 spiro atoms. The fourth-order valence-electron chi connectivity index (χ4n) is 4.05. The summed E-state index contributed by atoms with van der Waals surface area (Å²) in [5.74, 6) is -2.06. The van der Waals surface area contributed by atoms with Crippen LogP contribution in [0.4, 0.5) is 8.78 Å². The third-order valence-electron chi connectivity index (χ3n) is 5.85. The standard InChI is InChI=1S/C24H19F2N3O3S2/c1-28-22-20(26)12-18(25)13-21(22)33-24(28)27-23(30)16-6-8-19(9-7-16)34(31,32)29-11-10-15-4-2-3-5-17(15)14-29/h2-9,12-13H,10-11,14H2,1H3. The van der Waals surface area contributed by atoms with Crippen LogP contribution >= 0.6 is 11.3 Å². The number of fused-ring (bicyclic) bond motifs is 2. The summed E-state index contributed by atoms with van der Waals surface area (Å²) in [6.45, 7) is 0.684. The zero-order valence-corrected chi connectivity index (χ0v) is 19.7. The van der Waals surface area contributed by atoms with E-state index in [9.17, 15) is 22.0 Å². The molecule has 1 aliphatic rings. The normalized spacial score (nSPS) is 15.0. The van der Waals surface area contributed by atoms with Gasteiger partial charge in [-0.3, -0.25) is 4.79 Å². The average molecular weight is 500 g/mol. The van der Waals surface area contributed by atoms with Crippen LogP contribution in [0.25, 0.3) is 10.2 Å². The van der Waals surface area contributed by atoms with Gasteiger partial charge in [-0.1, -0.05) is 35.6 Å². The van der Waals surface area contributed by atoms with Crippen molar-refractivity contribution in [3.8, 4) is 0 Å². The number of carbonyl (C=O) groups is 1. The quantitative estimate of drug-likeness (QED) is 0.428. The highest BCUT2D eigenvalue weighted by Crippen LogP contribution is 2.25. The van der Waals surface area contributed by atoms with Gasteiger partial charge in [-0.2, -0.15) is 9.30 Å². The Balaban J connectivity index is 1.41. The number of aromatic nitrogens is 1. The Morgan fingerprint density at radius 1 is 1.03 bits per heavy atom. The van der Waals surface area contributed by atoms with Gasteiger partial charge in [0.1, 0.15) is 5.82 Å². The molecule has 1 aliphatic heterocycles. The van der Waals surface area contributed by atoms with E-state index in [2.05, 4.69) is 4.99 Å². The van der Waals surface area contributed by atoms with Crippen LogP contribution < -0.4 is 4.80 Å². The van der Waals surface area contributed by atoms with Crippen molar-refractivity contribution in [2.75, 3.05) is 6.54 Å². The van der Waals surface area contributed by atoms with E-state index in [1.54, 1.807) is 7.05 Å². The van der Waals surface area contributed by atoms with Crippen molar-refractivity contribution in [3.05, 3.63) is 93.8 Å². The average Bonchev–Trinajstić information content (AvgIpc) is 3.13. The molecular formula is C24H19F2N3O3S2. The van der Waals surface area contributed by atoms with Gasteiger partial charge in [0.15, 0.2) is 10.6 Å². The molecule has 0 saturated heterocycles. The fraction of sp³-hybridized carbons (Fsp3) is 0.167. The summed E-state index contributed by atoms with van der Waals surface area (Å²) in [4.78, 5) is 17.0. The molecule has 34 heavy (non-hydrogen) atoms. The molecule has 174 valence electrons. The number of amides is 1. The third kappa shape index (κ3) is 3.97. The van der Waals surface area contributed by atoms with E-state index in [1.807, 2.05) is 24.3 Å². The minimum atomic E-state index is -3.73. The van der Waals surface area contributed by atoms with Crippen molar-refractivity contribution < 1.29 is 22.0 Å². The summed E-state index contributed by atoms with van der Waals surface area (Å²) < 4.78 is 57.0. The molecule has 0 saturated carbocycles. The number of halogens is 2. The summed E-state index contributed by atoms with van der Waals surface area (Å²) in [6, 6.07) is 15.3. The van der Waals surface area contributed by atoms with Crippen molar-refractivity contribution in [2.45, 2.75) is 17.9 Å². The molecule has 0 fully saturated rings. The van der Waals surface area contributed by atoms with Crippen LogP contribution in [0.5, 0.6) is 0 Å². The third-order valence-corrected chi connectivity index (χ3v) is 8.79. The van der Waals surface area contributed by atoms with E-state index < -0.39 is 27.6 Å². The maximum Gasteiger partial charge on any atom is 0.279 e. The predicted molar refractivity (Wildman–Crippen MR) is 125 cm³/mol. The lowest BCUT2D eigenvalue weighted by Gasteiger charge is -2.28. The molecule has 0 aliphatic carbocycles. The van der Waals surface area contributed by atoms with E-state index in [-0.39, 0.29) is 20.8 Å². The number of aryl methyl sites for hydroxylation is 1. The van der Waals surface area contributed by atoms with Crippen LogP contribution in [0, 0.1) is 11.6 Å². The Labute approximate surface area is 198 Å². The number of nitrogens with zero attached hydrogens (tertiary/aromatic N) is 3. The van der Waals surface area contributed by atoms with Gasteiger partial charge in [0.05, 0.1) is 15.1 Å². The van der Waals surface area contributed by atoms with Crippen LogP contribution in [0.1, 0.15) is 21.5 Å². The predicted octanol–water partition coefficient (Wildman–Crippen LogP) is 4.01. The molecule has 0 radical (unpaired) electrons. The molecule has 2 heterocycles. The Morgan fingerprint density at radius 2 is 1.74 bits per heavy atom. The first kappa shape index (κ1) is 22.6. The SMILES string of the molecule is Cn1c(=NC(=O)c2ccc(S(=O)(=O)N3CCc4ccccc4C3)cc2)sc2cc(F)cc(F)c21. The summed E-state index contributed by atoms with van der Waals surface area (Å²) in [6.07, 6.45) is 0.640. The summed E-state index contributed by atoms with van der Waals surface area (Å²) >= 11 is 0.989. The second kappa shape index (κ2) is 8.53. The van der Waals surface area contributed by atoms with Crippen LogP contribution in [-0.2, 0) is 30.0 Å². The Kier molecular flexibility index (Phi) is 5.67. The first-order valence-electron chi connectivity index (χ1n) is 10.4. The van der Waals surface area contributed by atoms with Crippen LogP contribution in [0.2, 0.25) is 0 Å². The Morgan fingerprint density at radius 3 is 2.47 bits per heavy atom. The molecule has 0 bridgehead atoms.